The molecule has 76 valence electrons. The Hall–Kier alpha value is -1.75. The summed E-state index contributed by atoms with van der Waals surface area (Å²) in [5.74, 6) is 6.58. The van der Waals surface area contributed by atoms with Crippen LogP contribution in [0, 0.1) is 11.8 Å². The van der Waals surface area contributed by atoms with Crippen LogP contribution in [0.2, 0.25) is 0 Å². The van der Waals surface area contributed by atoms with Gasteiger partial charge in [-0.15, -0.1) is 0 Å². The van der Waals surface area contributed by atoms with Crippen LogP contribution in [0.4, 0.5) is 5.69 Å². The highest BCUT2D eigenvalue weighted by molar-refractivity contribution is 6.10. The Morgan fingerprint density at radius 2 is 2.00 bits per heavy atom. The molecule has 15 heavy (non-hydrogen) atoms. The molecule has 0 spiro atoms. The summed E-state index contributed by atoms with van der Waals surface area (Å²) in [5.41, 5.74) is 2.13. The number of aliphatic imine (C=N–C) groups is 1. The van der Waals surface area contributed by atoms with Crippen LogP contribution in [0.5, 0.6) is 0 Å². The first kappa shape index (κ1) is 9.79. The number of hydrogen-bond acceptors (Lipinski definition) is 2. The van der Waals surface area contributed by atoms with Crippen molar-refractivity contribution in [2.45, 2.75) is 26.3 Å². The average Bonchev–Trinajstić information content (AvgIpc) is 2.17. The molecule has 0 saturated carbocycles. The zero-order valence-electron chi connectivity index (χ0n) is 9.26. The molecule has 1 aliphatic rings. The van der Waals surface area contributed by atoms with E-state index in [1.54, 1.807) is 0 Å². The molecule has 0 aromatic heterocycles. The van der Waals surface area contributed by atoms with Gasteiger partial charge < -0.3 is 5.32 Å². The predicted octanol–water partition coefficient (Wildman–Crippen LogP) is 2.77. The van der Waals surface area contributed by atoms with E-state index in [-0.39, 0.29) is 5.54 Å². The summed E-state index contributed by atoms with van der Waals surface area (Å²) in [4.78, 5) is 4.58. The minimum atomic E-state index is -0.193. The van der Waals surface area contributed by atoms with Crippen LogP contribution in [0.3, 0.4) is 0 Å². The van der Waals surface area contributed by atoms with Crippen LogP contribution < -0.4 is 5.32 Å². The molecule has 0 aliphatic carbocycles. The fourth-order valence-corrected chi connectivity index (χ4v) is 1.80. The van der Waals surface area contributed by atoms with Gasteiger partial charge in [0.1, 0.15) is 0 Å². The van der Waals surface area contributed by atoms with E-state index in [0.29, 0.717) is 0 Å². The highest BCUT2D eigenvalue weighted by atomic mass is 15.1. The van der Waals surface area contributed by atoms with Crippen LogP contribution in [0.25, 0.3) is 0 Å². The number of para-hydroxylation sites is 1. The van der Waals surface area contributed by atoms with Gasteiger partial charge in [0, 0.05) is 11.3 Å². The molecule has 1 aliphatic heterocycles. The lowest BCUT2D eigenvalue weighted by atomic mass is 9.92. The second-order valence-corrected chi connectivity index (χ2v) is 4.07. The van der Waals surface area contributed by atoms with Crippen molar-refractivity contribution in [3.8, 4) is 11.8 Å². The van der Waals surface area contributed by atoms with Crippen LogP contribution >= 0.6 is 0 Å². The highest BCUT2D eigenvalue weighted by Crippen LogP contribution is 2.34. The summed E-state index contributed by atoms with van der Waals surface area (Å²) in [6.07, 6.45) is 0. The van der Waals surface area contributed by atoms with Crippen molar-refractivity contribution in [3.63, 3.8) is 0 Å². The Bertz CT molecular complexity index is 473. The fraction of sp³-hybridized carbons (Fsp3) is 0.308. The summed E-state index contributed by atoms with van der Waals surface area (Å²) in [7, 11) is 0. The SMILES string of the molecule is CC#CC1=NC(C)(C)c2ccccc2N1. The van der Waals surface area contributed by atoms with E-state index >= 15 is 0 Å². The van der Waals surface area contributed by atoms with Gasteiger partial charge in [-0.1, -0.05) is 24.1 Å². The number of rotatable bonds is 0. The quantitative estimate of drug-likeness (QED) is 0.637. The minimum Gasteiger partial charge on any atom is -0.333 e. The van der Waals surface area contributed by atoms with E-state index < -0.39 is 0 Å². The smallest absolute Gasteiger partial charge is 0.179 e. The normalized spacial score (nSPS) is 16.6. The number of hydrogen-bond donors (Lipinski definition) is 1. The van der Waals surface area contributed by atoms with E-state index in [4.69, 9.17) is 0 Å². The molecule has 0 amide bonds. The lowest BCUT2D eigenvalue weighted by Gasteiger charge is -2.29. The van der Waals surface area contributed by atoms with Crippen LogP contribution in [-0.4, -0.2) is 5.84 Å². The van der Waals surface area contributed by atoms with Crippen molar-refractivity contribution in [1.82, 2.24) is 0 Å². The number of nitrogens with zero attached hydrogens (tertiary/aromatic N) is 1. The maximum absolute atomic E-state index is 4.58. The van der Waals surface area contributed by atoms with Gasteiger partial charge in [-0.3, -0.25) is 0 Å². The van der Waals surface area contributed by atoms with Crippen molar-refractivity contribution in [1.29, 1.82) is 0 Å². The third-order valence-electron chi connectivity index (χ3n) is 2.47. The van der Waals surface area contributed by atoms with Gasteiger partial charge >= 0.3 is 0 Å². The number of benzene rings is 1. The topological polar surface area (TPSA) is 24.4 Å². The zero-order chi connectivity index (χ0) is 10.9. The standard InChI is InChI=1S/C13H14N2/c1-4-7-12-14-11-9-6-5-8-10(11)13(2,3)15-12/h5-6,8-9H,1-3H3,(H,14,15). The molecule has 1 N–H and O–H groups in total. The average molecular weight is 198 g/mol. The van der Waals surface area contributed by atoms with Crippen LogP contribution in [0.1, 0.15) is 26.3 Å². The van der Waals surface area contributed by atoms with E-state index in [1.165, 1.54) is 5.56 Å². The van der Waals surface area contributed by atoms with Gasteiger partial charge in [-0.25, -0.2) is 4.99 Å². The van der Waals surface area contributed by atoms with Gasteiger partial charge in [0.25, 0.3) is 0 Å². The Labute approximate surface area is 90.4 Å². The summed E-state index contributed by atoms with van der Waals surface area (Å²) in [5, 5.41) is 3.23. The van der Waals surface area contributed by atoms with Crippen molar-refractivity contribution in [3.05, 3.63) is 29.8 Å². The van der Waals surface area contributed by atoms with Gasteiger partial charge in [0.2, 0.25) is 0 Å². The van der Waals surface area contributed by atoms with Gasteiger partial charge in [-0.05, 0) is 32.8 Å². The molecular formula is C13H14N2. The second-order valence-electron chi connectivity index (χ2n) is 4.07. The molecule has 2 heteroatoms. The molecule has 1 aromatic carbocycles. The molecular weight excluding hydrogens is 184 g/mol. The largest absolute Gasteiger partial charge is 0.333 e. The Kier molecular flexibility index (Phi) is 2.24. The molecule has 0 bridgehead atoms. The minimum absolute atomic E-state index is 0.193. The Morgan fingerprint density at radius 1 is 1.27 bits per heavy atom. The maximum Gasteiger partial charge on any atom is 0.179 e. The van der Waals surface area contributed by atoms with Crippen molar-refractivity contribution in [2.75, 3.05) is 5.32 Å². The van der Waals surface area contributed by atoms with Crippen molar-refractivity contribution in [2.24, 2.45) is 4.99 Å². The summed E-state index contributed by atoms with van der Waals surface area (Å²) in [6.45, 7) is 6.02. The Morgan fingerprint density at radius 3 is 2.73 bits per heavy atom. The van der Waals surface area contributed by atoms with Crippen LogP contribution in [-0.2, 0) is 5.54 Å². The molecule has 2 rings (SSSR count). The lowest BCUT2D eigenvalue weighted by Crippen LogP contribution is -2.27. The number of amidine groups is 1. The summed E-state index contributed by atoms with van der Waals surface area (Å²) < 4.78 is 0. The third kappa shape index (κ3) is 1.73. The number of fused-ring (bicyclic) bond motifs is 1. The fourth-order valence-electron chi connectivity index (χ4n) is 1.80. The first-order valence-corrected chi connectivity index (χ1v) is 5.02. The molecule has 0 fully saturated rings. The number of nitrogens with one attached hydrogen (secondary N) is 1. The molecule has 1 heterocycles. The monoisotopic (exact) mass is 198 g/mol. The highest BCUT2D eigenvalue weighted by Gasteiger charge is 2.26. The first-order valence-electron chi connectivity index (χ1n) is 5.02. The van der Waals surface area contributed by atoms with E-state index in [9.17, 15) is 0 Å². The second kappa shape index (κ2) is 3.43. The molecule has 0 unspecified atom stereocenters. The molecule has 2 nitrogen and oxygen atoms in total. The maximum atomic E-state index is 4.58. The summed E-state index contributed by atoms with van der Waals surface area (Å²) >= 11 is 0. The molecule has 0 radical (unpaired) electrons. The van der Waals surface area contributed by atoms with Crippen LogP contribution in [0.15, 0.2) is 29.3 Å². The zero-order valence-corrected chi connectivity index (χ0v) is 9.26. The van der Waals surface area contributed by atoms with Gasteiger partial charge in [0.05, 0.1) is 5.54 Å². The summed E-state index contributed by atoms with van der Waals surface area (Å²) in [6, 6.07) is 8.21. The molecule has 0 saturated heterocycles. The molecule has 1 aromatic rings. The van der Waals surface area contributed by atoms with Crippen molar-refractivity contribution >= 4 is 11.5 Å². The lowest BCUT2D eigenvalue weighted by molar-refractivity contribution is 0.556. The molecule has 0 atom stereocenters. The predicted molar refractivity (Wildman–Crippen MR) is 64.0 cm³/mol. The third-order valence-corrected chi connectivity index (χ3v) is 2.47. The number of anilines is 1. The van der Waals surface area contributed by atoms with E-state index in [0.717, 1.165) is 11.5 Å². The Balaban J connectivity index is 2.52. The van der Waals surface area contributed by atoms with Crippen molar-refractivity contribution < 1.29 is 0 Å². The van der Waals surface area contributed by atoms with E-state index in [1.807, 2.05) is 19.1 Å². The van der Waals surface area contributed by atoms with Gasteiger partial charge in [-0.2, -0.15) is 0 Å². The first-order chi connectivity index (χ1) is 7.13. The van der Waals surface area contributed by atoms with E-state index in [2.05, 4.69) is 48.1 Å². The van der Waals surface area contributed by atoms with Gasteiger partial charge in [0.15, 0.2) is 5.84 Å².